The molecule has 2 rings (SSSR count). The van der Waals surface area contributed by atoms with Gasteiger partial charge in [0.15, 0.2) is 5.78 Å². The maximum atomic E-state index is 12.8. The van der Waals surface area contributed by atoms with Crippen molar-refractivity contribution in [3.63, 3.8) is 0 Å². The first-order valence-corrected chi connectivity index (χ1v) is 8.64. The Labute approximate surface area is 137 Å². The lowest BCUT2D eigenvalue weighted by atomic mass is 9.91. The average Bonchev–Trinajstić information content (AvgIpc) is 2.53. The molecule has 0 atom stereocenters. The maximum absolute atomic E-state index is 12.8. The van der Waals surface area contributed by atoms with Crippen LogP contribution in [0.5, 0.6) is 0 Å². The molecule has 3 nitrogen and oxygen atoms in total. The molecule has 120 valence electrons. The summed E-state index contributed by atoms with van der Waals surface area (Å²) in [5.41, 5.74) is 1.44. The first-order chi connectivity index (χ1) is 10.4. The maximum Gasteiger partial charge on any atom is 0.182 e. The summed E-state index contributed by atoms with van der Waals surface area (Å²) in [6, 6.07) is 7.92. The molecule has 1 heterocycles. The predicted molar refractivity (Wildman–Crippen MR) is 92.8 cm³/mol. The molecule has 0 spiro atoms. The van der Waals surface area contributed by atoms with Crippen molar-refractivity contribution in [2.45, 2.75) is 31.2 Å². The molecule has 1 aliphatic rings. The molecule has 0 amide bonds. The van der Waals surface area contributed by atoms with Crippen LogP contribution in [0.25, 0.3) is 0 Å². The van der Waals surface area contributed by atoms with Crippen LogP contribution in [-0.2, 0) is 4.74 Å². The molecule has 1 aromatic rings. The summed E-state index contributed by atoms with van der Waals surface area (Å²) < 4.78 is 5.38. The number of hydrogen-bond donors (Lipinski definition) is 0. The number of benzene rings is 1. The van der Waals surface area contributed by atoms with E-state index < -0.39 is 5.54 Å². The minimum absolute atomic E-state index is 0.172. The van der Waals surface area contributed by atoms with Crippen LogP contribution in [0, 0.1) is 0 Å². The van der Waals surface area contributed by atoms with E-state index in [-0.39, 0.29) is 5.78 Å². The zero-order chi connectivity index (χ0) is 16.2. The average molecular weight is 319 g/mol. The van der Waals surface area contributed by atoms with Gasteiger partial charge in [-0.3, -0.25) is 9.69 Å². The smallest absolute Gasteiger partial charge is 0.182 e. The van der Waals surface area contributed by atoms with Crippen molar-refractivity contribution in [1.29, 1.82) is 0 Å². The van der Waals surface area contributed by atoms with Crippen LogP contribution in [0.4, 0.5) is 0 Å². The number of ether oxygens (including phenoxy) is 1. The molecule has 1 saturated heterocycles. The quantitative estimate of drug-likeness (QED) is 0.455. The third-order valence-corrected chi connectivity index (χ3v) is 5.20. The lowest BCUT2D eigenvalue weighted by Gasteiger charge is -2.39. The second kappa shape index (κ2) is 7.44. The number of Topliss-reactive ketones (excluding diaryl/α,β-unsaturated/α-hetero) is 1. The largest absolute Gasteiger partial charge is 0.379 e. The van der Waals surface area contributed by atoms with Gasteiger partial charge in [0, 0.05) is 29.3 Å². The van der Waals surface area contributed by atoms with Gasteiger partial charge in [0.05, 0.1) is 18.8 Å². The van der Waals surface area contributed by atoms with Gasteiger partial charge in [0.25, 0.3) is 0 Å². The molecule has 0 bridgehead atoms. The van der Waals surface area contributed by atoms with E-state index in [1.807, 2.05) is 45.0 Å². The monoisotopic (exact) mass is 319 g/mol. The summed E-state index contributed by atoms with van der Waals surface area (Å²) >= 11 is 1.75. The number of morpholine rings is 1. The second-order valence-corrected chi connectivity index (χ2v) is 7.31. The second-order valence-electron chi connectivity index (χ2n) is 6.26. The molecule has 4 heteroatoms. The van der Waals surface area contributed by atoms with E-state index in [4.69, 9.17) is 4.74 Å². The number of rotatable bonds is 6. The number of thioether (sulfide) groups is 1. The van der Waals surface area contributed by atoms with Crippen molar-refractivity contribution < 1.29 is 9.53 Å². The molecule has 22 heavy (non-hydrogen) atoms. The Morgan fingerprint density at radius 2 is 1.86 bits per heavy atom. The Bertz CT molecular complexity index is 531. The zero-order valence-electron chi connectivity index (χ0n) is 13.7. The highest BCUT2D eigenvalue weighted by atomic mass is 32.2. The van der Waals surface area contributed by atoms with Crippen molar-refractivity contribution in [3.05, 3.63) is 42.0 Å². The fraction of sp³-hybridized carbons (Fsp3) is 0.500. The summed E-state index contributed by atoms with van der Waals surface area (Å²) in [5.74, 6) is 1.08. The van der Waals surface area contributed by atoms with Crippen LogP contribution < -0.4 is 0 Å². The van der Waals surface area contributed by atoms with Crippen LogP contribution >= 0.6 is 11.8 Å². The summed E-state index contributed by atoms with van der Waals surface area (Å²) in [4.78, 5) is 16.2. The van der Waals surface area contributed by atoms with E-state index in [2.05, 4.69) is 11.5 Å². The minimum Gasteiger partial charge on any atom is -0.379 e. The summed E-state index contributed by atoms with van der Waals surface area (Å²) in [5, 5.41) is 0. The van der Waals surface area contributed by atoms with Crippen LogP contribution in [0.15, 0.2) is 41.3 Å². The van der Waals surface area contributed by atoms with E-state index >= 15 is 0 Å². The SMILES string of the molecule is C=C(C)CSc1ccc(C(=O)C(C)(C)N2CCOCC2)cc1. The molecule has 1 fully saturated rings. The zero-order valence-corrected chi connectivity index (χ0v) is 14.5. The number of carbonyl (C=O) groups is 1. The van der Waals surface area contributed by atoms with Crippen molar-refractivity contribution >= 4 is 17.5 Å². The molecular weight excluding hydrogens is 294 g/mol. The Hall–Kier alpha value is -1.10. The van der Waals surface area contributed by atoms with Crippen LogP contribution in [0.1, 0.15) is 31.1 Å². The molecule has 0 aliphatic carbocycles. The van der Waals surface area contributed by atoms with E-state index in [1.165, 1.54) is 4.90 Å². The fourth-order valence-electron chi connectivity index (χ4n) is 2.53. The standard InChI is InChI=1S/C18H25NO2S/c1-14(2)13-22-16-7-5-15(6-8-16)17(20)18(3,4)19-9-11-21-12-10-19/h5-8H,1,9-13H2,2-4H3. The topological polar surface area (TPSA) is 29.5 Å². The Balaban J connectivity index is 2.06. The summed E-state index contributed by atoms with van der Waals surface area (Å²) in [6.07, 6.45) is 0. The van der Waals surface area contributed by atoms with Gasteiger partial charge in [-0.25, -0.2) is 0 Å². The highest BCUT2D eigenvalue weighted by Crippen LogP contribution is 2.25. The van der Waals surface area contributed by atoms with Crippen molar-refractivity contribution in [1.82, 2.24) is 4.90 Å². The highest BCUT2D eigenvalue weighted by molar-refractivity contribution is 7.99. The summed E-state index contributed by atoms with van der Waals surface area (Å²) in [6.45, 7) is 13.0. The Kier molecular flexibility index (Phi) is 5.84. The van der Waals surface area contributed by atoms with E-state index in [0.29, 0.717) is 13.2 Å². The van der Waals surface area contributed by atoms with Gasteiger partial charge in [0.2, 0.25) is 0 Å². The molecule has 1 aliphatic heterocycles. The van der Waals surface area contributed by atoms with Crippen molar-refractivity contribution in [2.24, 2.45) is 0 Å². The van der Waals surface area contributed by atoms with Crippen LogP contribution in [0.2, 0.25) is 0 Å². The number of nitrogens with zero attached hydrogens (tertiary/aromatic N) is 1. The molecule has 0 saturated carbocycles. The molecule has 1 aromatic carbocycles. The van der Waals surface area contributed by atoms with Crippen molar-refractivity contribution in [3.8, 4) is 0 Å². The Morgan fingerprint density at radius 3 is 2.41 bits per heavy atom. The molecule has 0 radical (unpaired) electrons. The molecule has 0 unspecified atom stereocenters. The van der Waals surface area contributed by atoms with Crippen LogP contribution in [-0.4, -0.2) is 48.3 Å². The fourth-order valence-corrected chi connectivity index (χ4v) is 3.27. The minimum atomic E-state index is -0.490. The number of ketones is 1. The van der Waals surface area contributed by atoms with Gasteiger partial charge in [-0.05, 0) is 32.9 Å². The normalized spacial score (nSPS) is 16.5. The lowest BCUT2D eigenvalue weighted by Crippen LogP contribution is -2.54. The van der Waals surface area contributed by atoms with E-state index in [0.717, 1.165) is 30.0 Å². The number of hydrogen-bond acceptors (Lipinski definition) is 4. The van der Waals surface area contributed by atoms with Gasteiger partial charge in [0.1, 0.15) is 0 Å². The summed E-state index contributed by atoms with van der Waals surface area (Å²) in [7, 11) is 0. The van der Waals surface area contributed by atoms with Crippen molar-refractivity contribution in [2.75, 3.05) is 32.1 Å². The van der Waals surface area contributed by atoms with E-state index in [9.17, 15) is 4.79 Å². The van der Waals surface area contributed by atoms with Gasteiger partial charge in [-0.15, -0.1) is 11.8 Å². The molecule has 0 N–H and O–H groups in total. The first kappa shape index (κ1) is 17.3. The van der Waals surface area contributed by atoms with Gasteiger partial charge < -0.3 is 4.74 Å². The van der Waals surface area contributed by atoms with Crippen LogP contribution in [0.3, 0.4) is 0 Å². The third kappa shape index (κ3) is 4.22. The lowest BCUT2D eigenvalue weighted by molar-refractivity contribution is -0.00430. The highest BCUT2D eigenvalue weighted by Gasteiger charge is 2.35. The third-order valence-electron chi connectivity index (χ3n) is 3.96. The van der Waals surface area contributed by atoms with Gasteiger partial charge in [-0.1, -0.05) is 24.3 Å². The number of carbonyl (C=O) groups excluding carboxylic acids is 1. The van der Waals surface area contributed by atoms with Gasteiger partial charge in [-0.2, -0.15) is 0 Å². The molecular formula is C18H25NO2S. The predicted octanol–water partition coefficient (Wildman–Crippen LogP) is 3.65. The Morgan fingerprint density at radius 1 is 1.27 bits per heavy atom. The van der Waals surface area contributed by atoms with Gasteiger partial charge >= 0.3 is 0 Å². The molecule has 0 aromatic heterocycles. The van der Waals surface area contributed by atoms with E-state index in [1.54, 1.807) is 11.8 Å². The first-order valence-electron chi connectivity index (χ1n) is 7.66.